The topological polar surface area (TPSA) is 27.7 Å². The van der Waals surface area contributed by atoms with Crippen molar-refractivity contribution < 1.29 is 13.6 Å². The highest BCUT2D eigenvalue weighted by Crippen LogP contribution is 2.48. The van der Waals surface area contributed by atoms with Gasteiger partial charge in [0.15, 0.2) is 15.2 Å². The molecule has 0 unspecified atom stereocenters. The van der Waals surface area contributed by atoms with E-state index < -0.39 is 8.60 Å². The van der Waals surface area contributed by atoms with Crippen LogP contribution in [-0.2, 0) is 19.3 Å². The highest BCUT2D eigenvalue weighted by molar-refractivity contribution is 7.44. The van der Waals surface area contributed by atoms with E-state index in [1.807, 2.05) is 16.1 Å². The first-order valence-corrected chi connectivity index (χ1v) is 12.0. The summed E-state index contributed by atoms with van der Waals surface area (Å²) in [6.45, 7) is 6.38. The van der Waals surface area contributed by atoms with Gasteiger partial charge in [-0.25, -0.2) is 0 Å². The minimum absolute atomic E-state index is 0.887. The van der Waals surface area contributed by atoms with E-state index in [0.29, 0.717) is 0 Å². The Kier molecular flexibility index (Phi) is 6.77. The first-order valence-electron chi connectivity index (χ1n) is 8.28. The smallest absolute Gasteiger partial charge is 0.398 e. The minimum Gasteiger partial charge on any atom is -0.398 e. The van der Waals surface area contributed by atoms with Gasteiger partial charge in [-0.1, -0.05) is 20.8 Å². The van der Waals surface area contributed by atoms with Gasteiger partial charge in [-0.15, -0.1) is 34.0 Å². The third-order valence-corrected chi connectivity index (χ3v) is 7.60. The Labute approximate surface area is 162 Å². The second-order valence-corrected chi connectivity index (χ2v) is 8.89. The molecule has 0 saturated heterocycles. The molecule has 0 aromatic carbocycles. The van der Waals surface area contributed by atoms with Gasteiger partial charge in [0.25, 0.3) is 0 Å². The molecule has 25 heavy (non-hydrogen) atoms. The number of aryl methyl sites for hydroxylation is 3. The van der Waals surface area contributed by atoms with Crippen LogP contribution >= 0.6 is 42.6 Å². The van der Waals surface area contributed by atoms with Crippen LogP contribution in [0.4, 0.5) is 0 Å². The first-order chi connectivity index (χ1) is 12.2. The van der Waals surface area contributed by atoms with E-state index in [1.165, 1.54) is 16.7 Å². The Morgan fingerprint density at radius 1 is 0.640 bits per heavy atom. The molecule has 0 N–H and O–H groups in total. The first kappa shape index (κ1) is 18.7. The summed E-state index contributed by atoms with van der Waals surface area (Å²) in [7, 11) is -1.55. The fraction of sp³-hybridized carbons (Fsp3) is 0.333. The summed E-state index contributed by atoms with van der Waals surface area (Å²) in [5, 5.41) is 8.81. The van der Waals surface area contributed by atoms with Crippen molar-refractivity contribution in [1.29, 1.82) is 0 Å². The van der Waals surface area contributed by atoms with Crippen LogP contribution in [0.25, 0.3) is 0 Å². The van der Waals surface area contributed by atoms with E-state index in [0.717, 1.165) is 34.5 Å². The van der Waals surface area contributed by atoms with Crippen LogP contribution in [0.5, 0.6) is 15.2 Å². The van der Waals surface area contributed by atoms with Crippen LogP contribution in [0.15, 0.2) is 34.3 Å². The summed E-state index contributed by atoms with van der Waals surface area (Å²) in [4.78, 5) is 0. The summed E-state index contributed by atoms with van der Waals surface area (Å²) in [6, 6.07) is 6.29. The standard InChI is InChI=1S/C18H21O3PS3/c1-4-13-7-10-23-16(13)19-22(20-17-14(5-2)8-11-24-17)21-18-15(6-3)9-12-25-18/h7-12H,4-6H2,1-3H3. The zero-order valence-electron chi connectivity index (χ0n) is 14.5. The molecule has 3 aromatic rings. The van der Waals surface area contributed by atoms with Gasteiger partial charge in [0.05, 0.1) is 0 Å². The molecule has 0 aliphatic rings. The molecule has 3 heterocycles. The van der Waals surface area contributed by atoms with Crippen molar-refractivity contribution >= 4 is 42.6 Å². The summed E-state index contributed by atoms with van der Waals surface area (Å²) in [5.74, 6) is 0. The van der Waals surface area contributed by atoms with Crippen LogP contribution < -0.4 is 13.6 Å². The van der Waals surface area contributed by atoms with Crippen LogP contribution in [0.3, 0.4) is 0 Å². The summed E-state index contributed by atoms with van der Waals surface area (Å²) in [6.07, 6.45) is 2.79. The fourth-order valence-corrected chi connectivity index (χ4v) is 6.34. The van der Waals surface area contributed by atoms with Crippen molar-refractivity contribution in [3.05, 3.63) is 51.0 Å². The molecule has 7 heteroatoms. The maximum Gasteiger partial charge on any atom is 0.532 e. The molecule has 0 saturated carbocycles. The van der Waals surface area contributed by atoms with E-state index in [4.69, 9.17) is 13.6 Å². The predicted octanol–water partition coefficient (Wildman–Crippen LogP) is 7.32. The average Bonchev–Trinajstić information content (AvgIpc) is 3.35. The zero-order chi connectivity index (χ0) is 17.6. The van der Waals surface area contributed by atoms with Gasteiger partial charge < -0.3 is 13.6 Å². The van der Waals surface area contributed by atoms with Gasteiger partial charge in [0.2, 0.25) is 0 Å². The van der Waals surface area contributed by atoms with Crippen molar-refractivity contribution in [3.63, 3.8) is 0 Å². The lowest BCUT2D eigenvalue weighted by molar-refractivity contribution is 0.397. The largest absolute Gasteiger partial charge is 0.532 e. The van der Waals surface area contributed by atoms with E-state index in [2.05, 4.69) is 39.0 Å². The van der Waals surface area contributed by atoms with Crippen molar-refractivity contribution in [3.8, 4) is 15.2 Å². The normalized spacial score (nSPS) is 11.0. The number of thiophene rings is 3. The van der Waals surface area contributed by atoms with E-state index in [-0.39, 0.29) is 0 Å². The fourth-order valence-electron chi connectivity index (χ4n) is 2.25. The van der Waals surface area contributed by atoms with Crippen molar-refractivity contribution in [2.75, 3.05) is 0 Å². The highest BCUT2D eigenvalue weighted by atomic mass is 32.1. The molecule has 0 fully saturated rings. The van der Waals surface area contributed by atoms with Crippen molar-refractivity contribution in [1.82, 2.24) is 0 Å². The Bertz CT molecular complexity index is 688. The molecule has 0 atom stereocenters. The molecule has 0 aliphatic carbocycles. The highest BCUT2D eigenvalue weighted by Gasteiger charge is 2.25. The second kappa shape index (κ2) is 9.04. The molecule has 3 rings (SSSR count). The molecule has 3 nitrogen and oxygen atoms in total. The number of rotatable bonds is 9. The second-order valence-electron chi connectivity index (χ2n) is 5.26. The lowest BCUT2D eigenvalue weighted by Gasteiger charge is -2.17. The van der Waals surface area contributed by atoms with Crippen LogP contribution in [-0.4, -0.2) is 0 Å². The van der Waals surface area contributed by atoms with E-state index >= 15 is 0 Å². The lowest BCUT2D eigenvalue weighted by atomic mass is 10.3. The van der Waals surface area contributed by atoms with Gasteiger partial charge in [0, 0.05) is 16.7 Å². The molecule has 0 bridgehead atoms. The molecule has 3 aromatic heterocycles. The third kappa shape index (κ3) is 4.56. The lowest BCUT2D eigenvalue weighted by Crippen LogP contribution is -2.03. The molecule has 0 radical (unpaired) electrons. The van der Waals surface area contributed by atoms with Gasteiger partial charge >= 0.3 is 8.60 Å². The van der Waals surface area contributed by atoms with Gasteiger partial charge in [0.1, 0.15) is 0 Å². The molecular weight excluding hydrogens is 391 g/mol. The third-order valence-electron chi connectivity index (χ3n) is 3.73. The van der Waals surface area contributed by atoms with Crippen molar-refractivity contribution in [2.24, 2.45) is 0 Å². The number of hydrogen-bond donors (Lipinski definition) is 0. The maximum atomic E-state index is 6.17. The van der Waals surface area contributed by atoms with E-state index in [1.54, 1.807) is 34.0 Å². The maximum absolute atomic E-state index is 6.17. The molecule has 0 spiro atoms. The Morgan fingerprint density at radius 2 is 0.960 bits per heavy atom. The van der Waals surface area contributed by atoms with Crippen LogP contribution in [0.1, 0.15) is 37.5 Å². The summed E-state index contributed by atoms with van der Waals surface area (Å²) >= 11 is 4.77. The molecule has 0 amide bonds. The minimum atomic E-state index is -1.55. The predicted molar refractivity (Wildman–Crippen MR) is 110 cm³/mol. The van der Waals surface area contributed by atoms with Crippen molar-refractivity contribution in [2.45, 2.75) is 40.0 Å². The Balaban J connectivity index is 1.82. The Hall–Kier alpha value is -1.07. The van der Waals surface area contributed by atoms with Gasteiger partial charge in [-0.3, -0.25) is 0 Å². The molecular formula is C18H21O3PS3. The van der Waals surface area contributed by atoms with Crippen LogP contribution in [0, 0.1) is 0 Å². The van der Waals surface area contributed by atoms with E-state index in [9.17, 15) is 0 Å². The SMILES string of the molecule is CCc1ccsc1OP(Oc1sccc1CC)Oc1sccc1CC. The van der Waals surface area contributed by atoms with Gasteiger partial charge in [-0.05, 0) is 53.6 Å². The molecule has 134 valence electrons. The van der Waals surface area contributed by atoms with Crippen LogP contribution in [0.2, 0.25) is 0 Å². The molecule has 0 aliphatic heterocycles. The summed E-state index contributed by atoms with van der Waals surface area (Å²) in [5.41, 5.74) is 3.57. The van der Waals surface area contributed by atoms with Gasteiger partial charge in [-0.2, -0.15) is 0 Å². The monoisotopic (exact) mass is 412 g/mol. The zero-order valence-corrected chi connectivity index (χ0v) is 17.8. The quantitative estimate of drug-likeness (QED) is 0.345. The average molecular weight is 413 g/mol. The number of hydrogen-bond acceptors (Lipinski definition) is 6. The Morgan fingerprint density at radius 3 is 1.24 bits per heavy atom. The summed E-state index contributed by atoms with van der Waals surface area (Å²) < 4.78 is 18.5.